The first-order valence-corrected chi connectivity index (χ1v) is 7.21. The lowest BCUT2D eigenvalue weighted by atomic mass is 10.2. The Kier molecular flexibility index (Phi) is 6.91. The van der Waals surface area contributed by atoms with Gasteiger partial charge in [0.05, 0.1) is 7.11 Å². The third-order valence-corrected chi connectivity index (χ3v) is 3.00. The number of ether oxygens (including phenoxy) is 2. The number of carbonyl (C=O) groups excluding carboxylic acids is 1. The second kappa shape index (κ2) is 8.46. The molecule has 0 fully saturated rings. The average Bonchev–Trinajstić information content (AvgIpc) is 2.46. The third kappa shape index (κ3) is 4.76. The van der Waals surface area contributed by atoms with Crippen LogP contribution in [0.5, 0.6) is 11.5 Å². The highest BCUT2D eigenvalue weighted by Gasteiger charge is 2.20. The van der Waals surface area contributed by atoms with Crippen molar-refractivity contribution in [2.24, 2.45) is 0 Å². The summed E-state index contributed by atoms with van der Waals surface area (Å²) in [6.45, 7) is 7.49. The zero-order valence-corrected chi connectivity index (χ0v) is 12.9. The highest BCUT2D eigenvalue weighted by Crippen LogP contribution is 2.20. The van der Waals surface area contributed by atoms with Crippen LogP contribution in [-0.2, 0) is 4.79 Å². The van der Waals surface area contributed by atoms with E-state index in [-0.39, 0.29) is 5.91 Å². The molecule has 112 valence electrons. The van der Waals surface area contributed by atoms with Gasteiger partial charge in [0, 0.05) is 19.2 Å². The predicted molar refractivity (Wildman–Crippen MR) is 80.2 cm³/mol. The van der Waals surface area contributed by atoms with Crippen LogP contribution in [0.2, 0.25) is 0 Å². The Hall–Kier alpha value is -1.71. The molecule has 0 bridgehead atoms. The van der Waals surface area contributed by atoms with Gasteiger partial charge in [-0.2, -0.15) is 0 Å². The number of hydrogen-bond donors (Lipinski definition) is 0. The van der Waals surface area contributed by atoms with Crippen molar-refractivity contribution in [3.8, 4) is 11.5 Å². The number of nitrogens with zero attached hydrogens (tertiary/aromatic N) is 1. The number of methoxy groups -OCH3 is 1. The lowest BCUT2D eigenvalue weighted by molar-refractivity contribution is -0.138. The summed E-state index contributed by atoms with van der Waals surface area (Å²) < 4.78 is 10.9. The number of rotatable bonds is 8. The van der Waals surface area contributed by atoms with E-state index in [9.17, 15) is 4.79 Å². The zero-order chi connectivity index (χ0) is 15.0. The standard InChI is InChI=1S/C16H25NO3/c1-5-10-17(11-6-2)16(18)13(3)20-15-9-7-8-14(12-15)19-4/h7-9,12-13H,5-6,10-11H2,1-4H3. The van der Waals surface area contributed by atoms with Crippen molar-refractivity contribution in [3.63, 3.8) is 0 Å². The van der Waals surface area contributed by atoms with E-state index < -0.39 is 6.10 Å². The van der Waals surface area contributed by atoms with Crippen molar-refractivity contribution in [1.29, 1.82) is 0 Å². The fourth-order valence-electron chi connectivity index (χ4n) is 2.06. The topological polar surface area (TPSA) is 38.8 Å². The molecule has 0 aliphatic carbocycles. The van der Waals surface area contributed by atoms with E-state index >= 15 is 0 Å². The Labute approximate surface area is 121 Å². The summed E-state index contributed by atoms with van der Waals surface area (Å²) in [5, 5.41) is 0. The van der Waals surface area contributed by atoms with E-state index in [0.717, 1.165) is 31.7 Å². The van der Waals surface area contributed by atoms with Gasteiger partial charge in [0.25, 0.3) is 5.91 Å². The zero-order valence-electron chi connectivity index (χ0n) is 12.9. The fraction of sp³-hybridized carbons (Fsp3) is 0.562. The van der Waals surface area contributed by atoms with Crippen LogP contribution < -0.4 is 9.47 Å². The van der Waals surface area contributed by atoms with Crippen LogP contribution in [0.1, 0.15) is 33.6 Å². The van der Waals surface area contributed by atoms with Crippen molar-refractivity contribution in [1.82, 2.24) is 4.90 Å². The molecular weight excluding hydrogens is 254 g/mol. The van der Waals surface area contributed by atoms with E-state index in [1.807, 2.05) is 23.1 Å². The second-order valence-electron chi connectivity index (χ2n) is 4.76. The average molecular weight is 279 g/mol. The first-order valence-electron chi connectivity index (χ1n) is 7.21. The van der Waals surface area contributed by atoms with Crippen molar-refractivity contribution in [2.45, 2.75) is 39.7 Å². The van der Waals surface area contributed by atoms with Crippen LogP contribution in [0.15, 0.2) is 24.3 Å². The molecule has 0 aliphatic heterocycles. The minimum Gasteiger partial charge on any atom is -0.497 e. The molecule has 0 saturated carbocycles. The highest BCUT2D eigenvalue weighted by atomic mass is 16.5. The summed E-state index contributed by atoms with van der Waals surface area (Å²) in [5.74, 6) is 1.41. The van der Waals surface area contributed by atoms with Crippen molar-refractivity contribution in [2.75, 3.05) is 20.2 Å². The Morgan fingerprint density at radius 2 is 1.80 bits per heavy atom. The lowest BCUT2D eigenvalue weighted by Gasteiger charge is -2.25. The van der Waals surface area contributed by atoms with Crippen molar-refractivity contribution < 1.29 is 14.3 Å². The molecule has 1 aromatic rings. The molecule has 0 radical (unpaired) electrons. The first-order chi connectivity index (χ1) is 9.62. The Morgan fingerprint density at radius 1 is 1.20 bits per heavy atom. The van der Waals surface area contributed by atoms with Gasteiger partial charge in [-0.1, -0.05) is 19.9 Å². The molecule has 0 aromatic heterocycles. The Morgan fingerprint density at radius 3 is 2.35 bits per heavy atom. The van der Waals surface area contributed by atoms with Gasteiger partial charge >= 0.3 is 0 Å². The molecule has 20 heavy (non-hydrogen) atoms. The van der Waals surface area contributed by atoms with Crippen LogP contribution in [0.3, 0.4) is 0 Å². The first kappa shape index (κ1) is 16.3. The Bertz CT molecular complexity index is 414. The second-order valence-corrected chi connectivity index (χ2v) is 4.76. The minimum atomic E-state index is -0.486. The maximum atomic E-state index is 12.4. The molecule has 0 heterocycles. The number of carbonyl (C=O) groups is 1. The highest BCUT2D eigenvalue weighted by molar-refractivity contribution is 5.80. The molecule has 0 saturated heterocycles. The van der Waals surface area contributed by atoms with Crippen LogP contribution in [0, 0.1) is 0 Å². The molecule has 0 aliphatic rings. The van der Waals surface area contributed by atoms with Crippen LogP contribution in [0.25, 0.3) is 0 Å². The smallest absolute Gasteiger partial charge is 0.263 e. The van der Waals surface area contributed by atoms with Gasteiger partial charge in [0.15, 0.2) is 6.10 Å². The predicted octanol–water partition coefficient (Wildman–Crippen LogP) is 3.11. The van der Waals surface area contributed by atoms with Gasteiger partial charge < -0.3 is 14.4 Å². The SMILES string of the molecule is CCCN(CCC)C(=O)C(C)Oc1cccc(OC)c1. The molecule has 4 nitrogen and oxygen atoms in total. The van der Waals surface area contributed by atoms with Crippen LogP contribution in [-0.4, -0.2) is 37.1 Å². The van der Waals surface area contributed by atoms with Crippen LogP contribution >= 0.6 is 0 Å². The Balaban J connectivity index is 2.67. The van der Waals surface area contributed by atoms with Crippen molar-refractivity contribution in [3.05, 3.63) is 24.3 Å². The van der Waals surface area contributed by atoms with E-state index in [2.05, 4.69) is 13.8 Å². The van der Waals surface area contributed by atoms with Gasteiger partial charge in [-0.05, 0) is 31.9 Å². The summed E-state index contributed by atoms with van der Waals surface area (Å²) in [5.41, 5.74) is 0. The maximum absolute atomic E-state index is 12.4. The molecule has 0 spiro atoms. The van der Waals surface area contributed by atoms with Gasteiger partial charge in [-0.15, -0.1) is 0 Å². The summed E-state index contributed by atoms with van der Waals surface area (Å²) in [4.78, 5) is 14.2. The van der Waals surface area contributed by atoms with E-state index in [0.29, 0.717) is 5.75 Å². The van der Waals surface area contributed by atoms with Gasteiger partial charge in [-0.3, -0.25) is 4.79 Å². The molecular formula is C16H25NO3. The lowest BCUT2D eigenvalue weighted by Crippen LogP contribution is -2.41. The molecule has 1 amide bonds. The molecule has 1 rings (SSSR count). The van der Waals surface area contributed by atoms with E-state index in [4.69, 9.17) is 9.47 Å². The summed E-state index contributed by atoms with van der Waals surface area (Å²) in [6.07, 6.45) is 1.43. The van der Waals surface area contributed by atoms with E-state index in [1.165, 1.54) is 0 Å². The summed E-state index contributed by atoms with van der Waals surface area (Å²) in [7, 11) is 1.61. The molecule has 1 aromatic carbocycles. The summed E-state index contributed by atoms with van der Waals surface area (Å²) in [6, 6.07) is 7.31. The monoisotopic (exact) mass is 279 g/mol. The summed E-state index contributed by atoms with van der Waals surface area (Å²) >= 11 is 0. The molecule has 0 N–H and O–H groups in total. The quantitative estimate of drug-likeness (QED) is 0.734. The molecule has 4 heteroatoms. The number of benzene rings is 1. The van der Waals surface area contributed by atoms with Crippen LogP contribution in [0.4, 0.5) is 0 Å². The normalized spacial score (nSPS) is 11.8. The molecule has 1 atom stereocenters. The van der Waals surface area contributed by atoms with Crippen molar-refractivity contribution >= 4 is 5.91 Å². The molecule has 1 unspecified atom stereocenters. The number of amides is 1. The van der Waals surface area contributed by atoms with E-state index in [1.54, 1.807) is 20.1 Å². The number of hydrogen-bond acceptors (Lipinski definition) is 3. The minimum absolute atomic E-state index is 0.0384. The fourth-order valence-corrected chi connectivity index (χ4v) is 2.06. The maximum Gasteiger partial charge on any atom is 0.263 e. The van der Waals surface area contributed by atoms with Gasteiger partial charge in [0.2, 0.25) is 0 Å². The largest absolute Gasteiger partial charge is 0.497 e. The third-order valence-electron chi connectivity index (χ3n) is 3.00. The van der Waals surface area contributed by atoms with Gasteiger partial charge in [-0.25, -0.2) is 0 Å². The van der Waals surface area contributed by atoms with Gasteiger partial charge in [0.1, 0.15) is 11.5 Å².